The maximum Gasteiger partial charge on any atom is 0.240 e. The van der Waals surface area contributed by atoms with Crippen LogP contribution in [0, 0.1) is 11.3 Å². The maximum absolute atomic E-state index is 12.4. The summed E-state index contributed by atoms with van der Waals surface area (Å²) in [4.78, 5) is 2.13. The average molecular weight is 493 g/mol. The van der Waals surface area contributed by atoms with Crippen molar-refractivity contribution in [1.29, 1.82) is 5.26 Å². The molecule has 1 fully saturated rings. The van der Waals surface area contributed by atoms with Gasteiger partial charge in [0.2, 0.25) is 10.0 Å². The van der Waals surface area contributed by atoms with Crippen molar-refractivity contribution in [2.75, 3.05) is 13.1 Å². The molecule has 0 amide bonds. The first kappa shape index (κ1) is 23.6. The molecule has 182 valence electrons. The van der Waals surface area contributed by atoms with E-state index in [0.717, 1.165) is 17.1 Å². The Morgan fingerprint density at radius 1 is 1.06 bits per heavy atom. The Labute approximate surface area is 205 Å². The van der Waals surface area contributed by atoms with Crippen LogP contribution in [0.4, 0.5) is 0 Å². The Bertz CT molecular complexity index is 1380. The molecule has 1 aromatic heterocycles. The summed E-state index contributed by atoms with van der Waals surface area (Å²) in [7, 11) is -3.59. The highest BCUT2D eigenvalue weighted by Crippen LogP contribution is 2.46. The Kier molecular flexibility index (Phi) is 5.93. The van der Waals surface area contributed by atoms with Crippen LogP contribution in [-0.4, -0.2) is 42.1 Å². The number of nitrogens with zero attached hydrogens (tertiary/aromatic N) is 3. The van der Waals surface area contributed by atoms with E-state index in [9.17, 15) is 18.8 Å². The highest BCUT2D eigenvalue weighted by molar-refractivity contribution is 7.89. The molecule has 1 unspecified atom stereocenters. The van der Waals surface area contributed by atoms with Crippen LogP contribution in [0.3, 0.4) is 0 Å². The molecule has 5 rings (SSSR count). The van der Waals surface area contributed by atoms with E-state index in [4.69, 9.17) is 4.74 Å². The van der Waals surface area contributed by atoms with Gasteiger partial charge in [-0.2, -0.15) is 5.26 Å². The van der Waals surface area contributed by atoms with E-state index >= 15 is 0 Å². The number of hydrogen-bond acceptors (Lipinski definition) is 6. The lowest BCUT2D eigenvalue weighted by molar-refractivity contribution is -0.0719. The molecule has 2 aliphatic rings. The summed E-state index contributed by atoms with van der Waals surface area (Å²) in [5.41, 5.74) is 2.43. The highest BCUT2D eigenvalue weighted by atomic mass is 32.2. The van der Waals surface area contributed by atoms with Crippen molar-refractivity contribution >= 4 is 10.0 Å². The molecule has 8 nitrogen and oxygen atoms in total. The number of fused-ring (bicyclic) bond motifs is 4. The second-order valence-electron chi connectivity index (χ2n) is 9.37. The van der Waals surface area contributed by atoms with Crippen molar-refractivity contribution in [1.82, 2.24) is 14.2 Å². The number of ether oxygens (including phenoxy) is 1. The van der Waals surface area contributed by atoms with Gasteiger partial charge in [0.1, 0.15) is 23.7 Å². The zero-order valence-corrected chi connectivity index (χ0v) is 20.5. The van der Waals surface area contributed by atoms with E-state index in [1.54, 1.807) is 26.0 Å². The molecule has 0 radical (unpaired) electrons. The number of sulfonamides is 1. The number of rotatable bonds is 5. The van der Waals surface area contributed by atoms with Gasteiger partial charge in [-0.15, -0.1) is 0 Å². The first-order valence-corrected chi connectivity index (χ1v) is 13.2. The Balaban J connectivity index is 1.35. The fraction of sp³-hybridized carbons (Fsp3) is 0.346. The molecular formula is C26H28N4O4S. The molecule has 0 saturated carbocycles. The number of aromatic nitrogens is 1. The molecule has 9 heteroatoms. The molecule has 1 atom stereocenters. The van der Waals surface area contributed by atoms with Gasteiger partial charge < -0.3 is 9.84 Å². The van der Waals surface area contributed by atoms with Crippen LogP contribution < -0.4 is 9.46 Å². The number of piperidine rings is 1. The number of para-hydroxylation sites is 2. The van der Waals surface area contributed by atoms with E-state index in [-0.39, 0.29) is 10.9 Å². The molecule has 2 N–H and O–H groups in total. The summed E-state index contributed by atoms with van der Waals surface area (Å²) in [5.74, 6) is 0.744. The van der Waals surface area contributed by atoms with Crippen molar-refractivity contribution in [3.8, 4) is 17.5 Å². The molecular weight excluding hydrogens is 464 g/mol. The van der Waals surface area contributed by atoms with Crippen LogP contribution in [0.25, 0.3) is 5.69 Å². The Morgan fingerprint density at radius 2 is 1.74 bits per heavy atom. The zero-order chi connectivity index (χ0) is 24.8. The van der Waals surface area contributed by atoms with Gasteiger partial charge in [0.25, 0.3) is 0 Å². The third kappa shape index (κ3) is 4.13. The molecule has 35 heavy (non-hydrogen) atoms. The molecule has 1 spiro atoms. The number of hydrogen-bond donors (Lipinski definition) is 2. The third-order valence-corrected chi connectivity index (χ3v) is 8.38. The lowest BCUT2D eigenvalue weighted by Gasteiger charge is -2.46. The van der Waals surface area contributed by atoms with Crippen LogP contribution >= 0.6 is 0 Å². The van der Waals surface area contributed by atoms with Gasteiger partial charge in [0.15, 0.2) is 5.60 Å². The van der Waals surface area contributed by atoms with Crippen LogP contribution in [0.15, 0.2) is 65.6 Å². The van der Waals surface area contributed by atoms with E-state index in [1.165, 1.54) is 12.1 Å². The standard InChI is InChI=1S/C26H28N4O4S/c1-18(2)28-35(32,33)21-10-7-19(8-11-21)25(31)29-15-13-26(14-16-29)24-12-9-20(17-27)30(24)22-5-3-4-6-23(22)34-26/h3-12,18,25,28,31H,13-16H2,1-2H3. The summed E-state index contributed by atoms with van der Waals surface area (Å²) in [6.07, 6.45) is 0.412. The first-order chi connectivity index (χ1) is 16.7. The van der Waals surface area contributed by atoms with E-state index in [1.807, 2.05) is 45.9 Å². The second kappa shape index (κ2) is 8.81. The van der Waals surface area contributed by atoms with Gasteiger partial charge in [-0.1, -0.05) is 24.3 Å². The SMILES string of the molecule is CC(C)NS(=O)(=O)c1ccc(C(O)N2CCC3(CC2)Oc2ccccc2-n2c(C#N)ccc23)cc1. The first-order valence-electron chi connectivity index (χ1n) is 11.7. The van der Waals surface area contributed by atoms with Crippen LogP contribution in [0.5, 0.6) is 5.75 Å². The van der Waals surface area contributed by atoms with Crippen LogP contribution in [0.2, 0.25) is 0 Å². The topological polar surface area (TPSA) is 108 Å². The monoisotopic (exact) mass is 492 g/mol. The van der Waals surface area contributed by atoms with Gasteiger partial charge >= 0.3 is 0 Å². The highest BCUT2D eigenvalue weighted by Gasteiger charge is 2.45. The average Bonchev–Trinajstić information content (AvgIpc) is 3.29. The van der Waals surface area contributed by atoms with Crippen molar-refractivity contribution in [3.05, 3.63) is 77.6 Å². The lowest BCUT2D eigenvalue weighted by atomic mass is 9.86. The summed E-state index contributed by atoms with van der Waals surface area (Å²) in [5, 5.41) is 20.7. The number of nitrogens with one attached hydrogen (secondary N) is 1. The maximum atomic E-state index is 12.4. The normalized spacial score (nSPS) is 17.9. The minimum atomic E-state index is -3.59. The Hall–Kier alpha value is -3.16. The second-order valence-corrected chi connectivity index (χ2v) is 11.1. The quantitative estimate of drug-likeness (QED) is 0.565. The van der Waals surface area contributed by atoms with Gasteiger partial charge in [0.05, 0.1) is 16.3 Å². The summed E-state index contributed by atoms with van der Waals surface area (Å²) in [6, 6.07) is 19.9. The molecule has 0 aliphatic carbocycles. The molecule has 2 aromatic carbocycles. The Morgan fingerprint density at radius 3 is 2.40 bits per heavy atom. The van der Waals surface area contributed by atoms with Gasteiger partial charge in [0, 0.05) is 32.0 Å². The molecule has 3 aromatic rings. The van der Waals surface area contributed by atoms with Crippen molar-refractivity contribution < 1.29 is 18.3 Å². The van der Waals surface area contributed by atoms with Crippen molar-refractivity contribution in [2.45, 2.75) is 49.5 Å². The number of likely N-dealkylation sites (tertiary alicyclic amines) is 1. The minimum Gasteiger partial charge on any atom is -0.479 e. The summed E-state index contributed by atoms with van der Waals surface area (Å²) < 4.78 is 35.9. The number of aliphatic hydroxyl groups is 1. The fourth-order valence-corrected chi connectivity index (χ4v) is 6.28. The number of nitriles is 1. The fourth-order valence-electron chi connectivity index (χ4n) is 5.03. The minimum absolute atomic E-state index is 0.170. The predicted molar refractivity (Wildman–Crippen MR) is 130 cm³/mol. The summed E-state index contributed by atoms with van der Waals surface area (Å²) >= 11 is 0. The van der Waals surface area contributed by atoms with Gasteiger partial charge in [-0.25, -0.2) is 13.1 Å². The van der Waals surface area contributed by atoms with Crippen LogP contribution in [0.1, 0.15) is 49.9 Å². The number of benzene rings is 2. The van der Waals surface area contributed by atoms with E-state index < -0.39 is 21.9 Å². The van der Waals surface area contributed by atoms with Crippen LogP contribution in [-0.2, 0) is 15.6 Å². The summed E-state index contributed by atoms with van der Waals surface area (Å²) in [6.45, 7) is 4.69. The van der Waals surface area contributed by atoms with E-state index in [2.05, 4.69) is 10.8 Å². The van der Waals surface area contributed by atoms with E-state index in [0.29, 0.717) is 37.2 Å². The van der Waals surface area contributed by atoms with Gasteiger partial charge in [-0.3, -0.25) is 9.47 Å². The van der Waals surface area contributed by atoms with Gasteiger partial charge in [-0.05, 0) is 55.8 Å². The number of aliphatic hydroxyl groups excluding tert-OH is 1. The lowest BCUT2D eigenvalue weighted by Crippen LogP contribution is -2.49. The largest absolute Gasteiger partial charge is 0.479 e. The smallest absolute Gasteiger partial charge is 0.240 e. The predicted octanol–water partition coefficient (Wildman–Crippen LogP) is 3.41. The van der Waals surface area contributed by atoms with Crippen molar-refractivity contribution in [3.63, 3.8) is 0 Å². The molecule has 3 heterocycles. The molecule has 0 bridgehead atoms. The molecule has 2 aliphatic heterocycles. The zero-order valence-electron chi connectivity index (χ0n) is 19.7. The van der Waals surface area contributed by atoms with Crippen molar-refractivity contribution in [2.24, 2.45) is 0 Å². The third-order valence-electron chi connectivity index (χ3n) is 6.70. The molecule has 1 saturated heterocycles.